The van der Waals surface area contributed by atoms with Gasteiger partial charge in [0.1, 0.15) is 0 Å². The van der Waals surface area contributed by atoms with Crippen molar-refractivity contribution < 1.29 is 0 Å². The summed E-state index contributed by atoms with van der Waals surface area (Å²) in [7, 11) is 0. The van der Waals surface area contributed by atoms with E-state index in [1.165, 1.54) is 16.3 Å². The molecule has 1 heterocycles. The van der Waals surface area contributed by atoms with Gasteiger partial charge < -0.3 is 5.32 Å². The van der Waals surface area contributed by atoms with Crippen molar-refractivity contribution in [3.05, 3.63) is 24.3 Å². The summed E-state index contributed by atoms with van der Waals surface area (Å²) >= 11 is 1.96. The molecule has 0 fully saturated rings. The molecule has 1 N–H and O–H groups in total. The molecule has 0 unspecified atom stereocenters. The molecule has 0 bridgehead atoms. The maximum atomic E-state index is 3.58. The predicted molar refractivity (Wildman–Crippen MR) is 59.4 cm³/mol. The molecule has 0 radical (unpaired) electrons. The van der Waals surface area contributed by atoms with Gasteiger partial charge in [-0.15, -0.1) is 11.8 Å². The molecule has 1 aliphatic rings. The third kappa shape index (κ3) is 1.83. The Balaban J connectivity index is 2.20. The number of hydrogen-bond acceptors (Lipinski definition) is 2. The first-order valence-electron chi connectivity index (χ1n) is 4.76. The van der Waals surface area contributed by atoms with Crippen LogP contribution in [0.25, 0.3) is 0 Å². The zero-order chi connectivity index (χ0) is 9.26. The third-order valence-corrected chi connectivity index (χ3v) is 3.64. The summed E-state index contributed by atoms with van der Waals surface area (Å²) in [6.45, 7) is 4.54. The topological polar surface area (TPSA) is 12.0 Å². The number of anilines is 1. The fourth-order valence-corrected chi connectivity index (χ4v) is 2.78. The number of rotatable bonds is 1. The summed E-state index contributed by atoms with van der Waals surface area (Å²) in [5.41, 5.74) is 1.30. The Kier molecular flexibility index (Phi) is 2.49. The van der Waals surface area contributed by atoms with Crippen LogP contribution in [-0.2, 0) is 0 Å². The molecule has 1 aromatic rings. The van der Waals surface area contributed by atoms with Gasteiger partial charge in [0.15, 0.2) is 0 Å². The summed E-state index contributed by atoms with van der Waals surface area (Å²) in [4.78, 5) is 1.39. The van der Waals surface area contributed by atoms with Crippen molar-refractivity contribution in [2.75, 3.05) is 11.1 Å². The van der Waals surface area contributed by atoms with Crippen LogP contribution in [0.4, 0.5) is 5.69 Å². The van der Waals surface area contributed by atoms with Gasteiger partial charge in [0.25, 0.3) is 0 Å². The van der Waals surface area contributed by atoms with Crippen LogP contribution in [0.5, 0.6) is 0 Å². The highest BCUT2D eigenvalue weighted by atomic mass is 32.2. The van der Waals surface area contributed by atoms with Crippen molar-refractivity contribution in [1.29, 1.82) is 0 Å². The van der Waals surface area contributed by atoms with Crippen molar-refractivity contribution in [2.24, 2.45) is 5.92 Å². The van der Waals surface area contributed by atoms with E-state index < -0.39 is 0 Å². The van der Waals surface area contributed by atoms with Crippen LogP contribution in [0.1, 0.15) is 13.8 Å². The Morgan fingerprint density at radius 1 is 1.38 bits per heavy atom. The Bertz CT molecular complexity index is 296. The van der Waals surface area contributed by atoms with Gasteiger partial charge in [-0.1, -0.05) is 26.0 Å². The molecule has 2 heteroatoms. The van der Waals surface area contributed by atoms with E-state index in [1.54, 1.807) is 0 Å². The zero-order valence-electron chi connectivity index (χ0n) is 8.08. The molecule has 0 aliphatic carbocycles. The first-order chi connectivity index (χ1) is 6.27. The van der Waals surface area contributed by atoms with E-state index in [0.717, 1.165) is 0 Å². The van der Waals surface area contributed by atoms with E-state index >= 15 is 0 Å². The van der Waals surface area contributed by atoms with Crippen LogP contribution in [0, 0.1) is 5.92 Å². The van der Waals surface area contributed by atoms with Gasteiger partial charge in [0.05, 0.1) is 0 Å². The maximum Gasteiger partial charge on any atom is 0.0480 e. The minimum Gasteiger partial charge on any atom is -0.380 e. The molecule has 0 amide bonds. The Morgan fingerprint density at radius 2 is 2.15 bits per heavy atom. The standard InChI is InChI=1S/C11H15NS/c1-8(2)10-7-13-11-6-4-3-5-9(11)12-10/h3-6,8,10,12H,7H2,1-2H3/t10-/m1/s1. The molecule has 1 aliphatic heterocycles. The van der Waals surface area contributed by atoms with Crippen molar-refractivity contribution in [2.45, 2.75) is 24.8 Å². The summed E-state index contributed by atoms with van der Waals surface area (Å²) in [5.74, 6) is 1.90. The molecule has 1 aromatic carbocycles. The molecule has 2 rings (SSSR count). The number of fused-ring (bicyclic) bond motifs is 1. The highest BCUT2D eigenvalue weighted by Crippen LogP contribution is 2.34. The van der Waals surface area contributed by atoms with Gasteiger partial charge in [0.2, 0.25) is 0 Å². The van der Waals surface area contributed by atoms with Gasteiger partial charge in [-0.05, 0) is 18.1 Å². The Hall–Kier alpha value is -0.630. The van der Waals surface area contributed by atoms with Gasteiger partial charge in [-0.2, -0.15) is 0 Å². The highest BCUT2D eigenvalue weighted by Gasteiger charge is 2.19. The summed E-state index contributed by atoms with van der Waals surface area (Å²) in [6, 6.07) is 9.17. The molecule has 0 aromatic heterocycles. The summed E-state index contributed by atoms with van der Waals surface area (Å²) < 4.78 is 0. The van der Waals surface area contributed by atoms with E-state index in [9.17, 15) is 0 Å². The second-order valence-corrected chi connectivity index (χ2v) is 4.86. The normalized spacial score (nSPS) is 21.0. The van der Waals surface area contributed by atoms with Crippen molar-refractivity contribution >= 4 is 17.4 Å². The lowest BCUT2D eigenvalue weighted by molar-refractivity contribution is 0.562. The second kappa shape index (κ2) is 3.62. The quantitative estimate of drug-likeness (QED) is 0.735. The van der Waals surface area contributed by atoms with E-state index in [2.05, 4.69) is 43.4 Å². The number of hydrogen-bond donors (Lipinski definition) is 1. The Morgan fingerprint density at radius 3 is 2.92 bits per heavy atom. The highest BCUT2D eigenvalue weighted by molar-refractivity contribution is 7.99. The maximum absolute atomic E-state index is 3.58. The minimum atomic E-state index is 0.625. The van der Waals surface area contributed by atoms with Crippen LogP contribution in [0.15, 0.2) is 29.2 Å². The lowest BCUT2D eigenvalue weighted by Crippen LogP contribution is -2.30. The van der Waals surface area contributed by atoms with Gasteiger partial charge in [-0.25, -0.2) is 0 Å². The van der Waals surface area contributed by atoms with E-state index in [-0.39, 0.29) is 0 Å². The van der Waals surface area contributed by atoms with Crippen LogP contribution in [-0.4, -0.2) is 11.8 Å². The fraction of sp³-hybridized carbons (Fsp3) is 0.455. The molecular weight excluding hydrogens is 178 g/mol. The molecule has 13 heavy (non-hydrogen) atoms. The molecule has 1 nitrogen and oxygen atoms in total. The summed E-state index contributed by atoms with van der Waals surface area (Å²) in [6.07, 6.45) is 0. The molecule has 70 valence electrons. The number of para-hydroxylation sites is 1. The van der Waals surface area contributed by atoms with Crippen molar-refractivity contribution in [3.63, 3.8) is 0 Å². The molecular formula is C11H15NS. The zero-order valence-corrected chi connectivity index (χ0v) is 8.90. The average Bonchev–Trinajstić information content (AvgIpc) is 2.17. The average molecular weight is 193 g/mol. The lowest BCUT2D eigenvalue weighted by atomic mass is 10.1. The predicted octanol–water partition coefficient (Wildman–Crippen LogP) is 3.23. The van der Waals surface area contributed by atoms with Crippen molar-refractivity contribution in [3.8, 4) is 0 Å². The lowest BCUT2D eigenvalue weighted by Gasteiger charge is -2.29. The molecule has 0 spiro atoms. The van der Waals surface area contributed by atoms with E-state index in [4.69, 9.17) is 0 Å². The van der Waals surface area contributed by atoms with Crippen LogP contribution >= 0.6 is 11.8 Å². The Labute approximate surface area is 83.9 Å². The fourth-order valence-electron chi connectivity index (χ4n) is 1.49. The van der Waals surface area contributed by atoms with Crippen molar-refractivity contribution in [1.82, 2.24) is 0 Å². The third-order valence-electron chi connectivity index (χ3n) is 2.45. The second-order valence-electron chi connectivity index (χ2n) is 3.80. The van der Waals surface area contributed by atoms with Crippen LogP contribution in [0.3, 0.4) is 0 Å². The number of thioether (sulfide) groups is 1. The number of benzene rings is 1. The molecule has 1 atom stereocenters. The van der Waals surface area contributed by atoms with Crippen LogP contribution in [0.2, 0.25) is 0 Å². The van der Waals surface area contributed by atoms with Crippen LogP contribution < -0.4 is 5.32 Å². The molecule has 0 saturated heterocycles. The molecule has 0 saturated carbocycles. The van der Waals surface area contributed by atoms with E-state index in [0.29, 0.717) is 12.0 Å². The summed E-state index contributed by atoms with van der Waals surface area (Å²) in [5, 5.41) is 3.58. The number of nitrogens with one attached hydrogen (secondary N) is 1. The first-order valence-corrected chi connectivity index (χ1v) is 5.74. The smallest absolute Gasteiger partial charge is 0.0480 e. The monoisotopic (exact) mass is 193 g/mol. The SMILES string of the molecule is CC(C)[C@H]1CSc2ccccc2N1. The largest absolute Gasteiger partial charge is 0.380 e. The first kappa shape index (κ1) is 8.95. The van der Waals surface area contributed by atoms with Gasteiger partial charge in [0, 0.05) is 22.4 Å². The van der Waals surface area contributed by atoms with E-state index in [1.807, 2.05) is 11.8 Å². The van der Waals surface area contributed by atoms with Gasteiger partial charge in [-0.3, -0.25) is 0 Å². The van der Waals surface area contributed by atoms with Gasteiger partial charge >= 0.3 is 0 Å². The minimum absolute atomic E-state index is 0.625.